The van der Waals surface area contributed by atoms with Crippen LogP contribution >= 0.6 is 0 Å². The Hall–Kier alpha value is -2.69. The lowest BCUT2D eigenvalue weighted by Crippen LogP contribution is -2.08. The maximum absolute atomic E-state index is 13.7. The maximum Gasteiger partial charge on any atom is 0.128 e. The molecule has 21 heavy (non-hydrogen) atoms. The van der Waals surface area contributed by atoms with Gasteiger partial charge < -0.3 is 5.32 Å². The van der Waals surface area contributed by atoms with Gasteiger partial charge in [0, 0.05) is 11.3 Å². The van der Waals surface area contributed by atoms with Gasteiger partial charge in [-0.05, 0) is 37.3 Å². The van der Waals surface area contributed by atoms with Crippen molar-refractivity contribution in [3.63, 3.8) is 0 Å². The van der Waals surface area contributed by atoms with Crippen LogP contribution in [0.1, 0.15) is 18.5 Å². The molecule has 2 aromatic carbocycles. The third kappa shape index (κ3) is 2.91. The van der Waals surface area contributed by atoms with Gasteiger partial charge in [0.1, 0.15) is 5.82 Å². The van der Waals surface area contributed by atoms with E-state index in [0.29, 0.717) is 5.56 Å². The minimum absolute atomic E-state index is 0.111. The molecule has 3 aromatic rings. The van der Waals surface area contributed by atoms with E-state index in [1.165, 1.54) is 6.07 Å². The Labute approximate surface area is 122 Å². The normalized spacial score (nSPS) is 12.1. The predicted molar refractivity (Wildman–Crippen MR) is 79.8 cm³/mol. The topological polar surface area (TPSA) is 42.7 Å². The molecule has 1 N–H and O–H groups in total. The van der Waals surface area contributed by atoms with Crippen LogP contribution in [0.25, 0.3) is 5.69 Å². The molecule has 4 nitrogen and oxygen atoms in total. The van der Waals surface area contributed by atoms with Gasteiger partial charge in [0.15, 0.2) is 0 Å². The van der Waals surface area contributed by atoms with Gasteiger partial charge in [0.25, 0.3) is 0 Å². The molecule has 3 rings (SSSR count). The quantitative estimate of drug-likeness (QED) is 0.795. The number of anilines is 1. The van der Waals surface area contributed by atoms with Crippen LogP contribution in [0.2, 0.25) is 0 Å². The number of halogens is 1. The van der Waals surface area contributed by atoms with Gasteiger partial charge in [-0.15, -0.1) is 0 Å². The summed E-state index contributed by atoms with van der Waals surface area (Å²) in [5.41, 5.74) is 2.45. The van der Waals surface area contributed by atoms with E-state index in [1.807, 2.05) is 37.3 Å². The number of rotatable bonds is 4. The Kier molecular flexibility index (Phi) is 3.64. The summed E-state index contributed by atoms with van der Waals surface area (Å²) in [4.78, 5) is 1.55. The van der Waals surface area contributed by atoms with Crippen molar-refractivity contribution in [2.24, 2.45) is 0 Å². The van der Waals surface area contributed by atoms with Crippen LogP contribution in [0.5, 0.6) is 0 Å². The van der Waals surface area contributed by atoms with Gasteiger partial charge >= 0.3 is 0 Å². The molecule has 0 amide bonds. The summed E-state index contributed by atoms with van der Waals surface area (Å²) in [6.07, 6.45) is 3.26. The summed E-state index contributed by atoms with van der Waals surface area (Å²) in [6.45, 7) is 1.93. The summed E-state index contributed by atoms with van der Waals surface area (Å²) < 4.78 is 13.7. The number of nitrogens with zero attached hydrogens (tertiary/aromatic N) is 3. The van der Waals surface area contributed by atoms with E-state index in [-0.39, 0.29) is 11.9 Å². The first-order valence-electron chi connectivity index (χ1n) is 6.72. The summed E-state index contributed by atoms with van der Waals surface area (Å²) in [7, 11) is 0. The average molecular weight is 282 g/mol. The van der Waals surface area contributed by atoms with Crippen LogP contribution in [0.3, 0.4) is 0 Å². The van der Waals surface area contributed by atoms with Gasteiger partial charge in [-0.1, -0.05) is 18.2 Å². The van der Waals surface area contributed by atoms with Crippen molar-refractivity contribution in [2.45, 2.75) is 13.0 Å². The Morgan fingerprint density at radius 3 is 2.33 bits per heavy atom. The van der Waals surface area contributed by atoms with Crippen molar-refractivity contribution in [1.82, 2.24) is 15.0 Å². The lowest BCUT2D eigenvalue weighted by molar-refractivity contribution is 0.600. The lowest BCUT2D eigenvalue weighted by Gasteiger charge is -2.16. The molecule has 106 valence electrons. The molecule has 0 aliphatic heterocycles. The van der Waals surface area contributed by atoms with Crippen molar-refractivity contribution in [3.8, 4) is 5.69 Å². The summed E-state index contributed by atoms with van der Waals surface area (Å²) in [5.74, 6) is -0.199. The van der Waals surface area contributed by atoms with Gasteiger partial charge in [-0.2, -0.15) is 15.0 Å². The lowest BCUT2D eigenvalue weighted by atomic mass is 10.1. The molecular weight excluding hydrogens is 267 g/mol. The standard InChI is InChI=1S/C16H15FN4/c1-12(15-4-2-3-5-16(15)17)20-13-6-8-14(9-7-13)21-18-10-11-19-21/h2-12,20H,1H3. The minimum atomic E-state index is -0.199. The van der Waals surface area contributed by atoms with Crippen LogP contribution in [0, 0.1) is 5.82 Å². The van der Waals surface area contributed by atoms with Gasteiger partial charge in [0.05, 0.1) is 24.1 Å². The molecule has 1 unspecified atom stereocenters. The average Bonchev–Trinajstić information content (AvgIpc) is 3.02. The summed E-state index contributed by atoms with van der Waals surface area (Å²) >= 11 is 0. The van der Waals surface area contributed by atoms with Crippen molar-refractivity contribution in [1.29, 1.82) is 0 Å². The SMILES string of the molecule is CC(Nc1ccc(-n2nccn2)cc1)c1ccccc1F. The van der Waals surface area contributed by atoms with E-state index < -0.39 is 0 Å². The fourth-order valence-electron chi connectivity index (χ4n) is 2.19. The second-order valence-electron chi connectivity index (χ2n) is 4.75. The Morgan fingerprint density at radius 1 is 1.00 bits per heavy atom. The molecule has 0 aliphatic carbocycles. The second kappa shape index (κ2) is 5.75. The first-order chi connectivity index (χ1) is 10.2. The molecule has 0 fully saturated rings. The Morgan fingerprint density at radius 2 is 1.67 bits per heavy atom. The van der Waals surface area contributed by atoms with Gasteiger partial charge in [0.2, 0.25) is 0 Å². The highest BCUT2D eigenvalue weighted by atomic mass is 19.1. The first kappa shape index (κ1) is 13.3. The van der Waals surface area contributed by atoms with E-state index in [2.05, 4.69) is 15.5 Å². The smallest absolute Gasteiger partial charge is 0.128 e. The zero-order chi connectivity index (χ0) is 14.7. The molecule has 1 atom stereocenters. The summed E-state index contributed by atoms with van der Waals surface area (Å²) in [5, 5.41) is 11.4. The van der Waals surface area contributed by atoms with Crippen molar-refractivity contribution < 1.29 is 4.39 Å². The highest BCUT2D eigenvalue weighted by Gasteiger charge is 2.09. The van der Waals surface area contributed by atoms with Crippen molar-refractivity contribution in [3.05, 3.63) is 72.3 Å². The van der Waals surface area contributed by atoms with Crippen molar-refractivity contribution in [2.75, 3.05) is 5.32 Å². The van der Waals surface area contributed by atoms with Crippen LogP contribution < -0.4 is 5.32 Å². The van der Waals surface area contributed by atoms with E-state index in [0.717, 1.165) is 11.4 Å². The predicted octanol–water partition coefficient (Wildman–Crippen LogP) is 3.58. The van der Waals surface area contributed by atoms with Crippen LogP contribution in [0.4, 0.5) is 10.1 Å². The molecule has 0 radical (unpaired) electrons. The van der Waals surface area contributed by atoms with E-state index >= 15 is 0 Å². The van der Waals surface area contributed by atoms with Crippen molar-refractivity contribution >= 4 is 5.69 Å². The molecule has 0 saturated carbocycles. The van der Waals surface area contributed by atoms with Crippen LogP contribution in [-0.2, 0) is 0 Å². The molecule has 0 bridgehead atoms. The Balaban J connectivity index is 1.75. The molecule has 1 aromatic heterocycles. The van der Waals surface area contributed by atoms with Crippen LogP contribution in [0.15, 0.2) is 60.9 Å². The number of hydrogen-bond donors (Lipinski definition) is 1. The fourth-order valence-corrected chi connectivity index (χ4v) is 2.19. The van der Waals surface area contributed by atoms with E-state index in [1.54, 1.807) is 29.3 Å². The number of aromatic nitrogens is 3. The fraction of sp³-hybridized carbons (Fsp3) is 0.125. The highest BCUT2D eigenvalue weighted by molar-refractivity contribution is 5.49. The van der Waals surface area contributed by atoms with Gasteiger partial charge in [-0.3, -0.25) is 0 Å². The minimum Gasteiger partial charge on any atom is -0.378 e. The number of hydrogen-bond acceptors (Lipinski definition) is 3. The maximum atomic E-state index is 13.7. The molecule has 0 aliphatic rings. The largest absolute Gasteiger partial charge is 0.378 e. The number of nitrogens with one attached hydrogen (secondary N) is 1. The first-order valence-corrected chi connectivity index (χ1v) is 6.72. The molecule has 0 spiro atoms. The highest BCUT2D eigenvalue weighted by Crippen LogP contribution is 2.22. The molecular formula is C16H15FN4. The monoisotopic (exact) mass is 282 g/mol. The third-order valence-electron chi connectivity index (χ3n) is 3.27. The third-order valence-corrected chi connectivity index (χ3v) is 3.27. The van der Waals surface area contributed by atoms with E-state index in [9.17, 15) is 4.39 Å². The second-order valence-corrected chi connectivity index (χ2v) is 4.75. The van der Waals surface area contributed by atoms with E-state index in [4.69, 9.17) is 0 Å². The molecule has 0 saturated heterocycles. The zero-order valence-electron chi connectivity index (χ0n) is 11.6. The number of benzene rings is 2. The zero-order valence-corrected chi connectivity index (χ0v) is 11.6. The summed E-state index contributed by atoms with van der Waals surface area (Å²) in [6, 6.07) is 14.4. The van der Waals surface area contributed by atoms with Gasteiger partial charge in [-0.25, -0.2) is 4.39 Å². The Bertz CT molecular complexity index is 707. The molecule has 5 heteroatoms. The molecule has 1 heterocycles. The van der Waals surface area contributed by atoms with Crippen LogP contribution in [-0.4, -0.2) is 15.0 Å².